The summed E-state index contributed by atoms with van der Waals surface area (Å²) in [5.41, 5.74) is 6.79. The van der Waals surface area contributed by atoms with Crippen LogP contribution in [0.4, 0.5) is 5.69 Å². The Labute approximate surface area is 133 Å². The number of rotatable bonds is 9. The molecule has 0 saturated heterocycles. The van der Waals surface area contributed by atoms with Crippen molar-refractivity contribution < 1.29 is 9.84 Å². The Morgan fingerprint density at radius 1 is 1.27 bits per heavy atom. The van der Waals surface area contributed by atoms with Gasteiger partial charge < -0.3 is 20.9 Å². The molecule has 1 atom stereocenters. The molecule has 124 valence electrons. The van der Waals surface area contributed by atoms with Crippen molar-refractivity contribution in [1.29, 1.82) is 0 Å². The third-order valence-corrected chi connectivity index (χ3v) is 3.25. The van der Waals surface area contributed by atoms with Crippen LogP contribution in [-0.2, 0) is 0 Å². The molecular formula is C17H29N3O2. The number of aliphatic hydroxyl groups excluding tert-OH is 1. The molecule has 22 heavy (non-hydrogen) atoms. The minimum atomic E-state index is 0.160. The van der Waals surface area contributed by atoms with Gasteiger partial charge in [0.1, 0.15) is 5.75 Å². The van der Waals surface area contributed by atoms with Gasteiger partial charge in [-0.05, 0) is 56.9 Å². The molecule has 1 aromatic rings. The molecule has 0 spiro atoms. The second kappa shape index (κ2) is 10.1. The first-order valence-corrected chi connectivity index (χ1v) is 7.99. The number of nitrogens with two attached hydrogens (primary N) is 1. The number of anilines is 1. The van der Waals surface area contributed by atoms with E-state index in [0.29, 0.717) is 18.4 Å². The van der Waals surface area contributed by atoms with Gasteiger partial charge in [-0.3, -0.25) is 4.99 Å². The molecule has 0 amide bonds. The highest BCUT2D eigenvalue weighted by Gasteiger charge is 2.06. The molecule has 0 fully saturated rings. The lowest BCUT2D eigenvalue weighted by atomic mass is 10.0. The quantitative estimate of drug-likeness (QED) is 0.484. The molecule has 0 aromatic heterocycles. The average Bonchev–Trinajstić information content (AvgIpc) is 2.47. The van der Waals surface area contributed by atoms with E-state index in [2.05, 4.69) is 17.2 Å². The first kappa shape index (κ1) is 18.3. The standard InChI is InChI=1S/C17H29N3O2/c1-4-5-14(10-11-21)12-19-17(18)20-15-6-8-16(9-7-15)22-13(2)3/h6-9,13-14,21H,4-5,10-12H2,1-3H3,(H3,18,19,20). The van der Waals surface area contributed by atoms with Crippen molar-refractivity contribution in [1.82, 2.24) is 0 Å². The van der Waals surface area contributed by atoms with Crippen LogP contribution in [0.3, 0.4) is 0 Å². The molecule has 0 aliphatic heterocycles. The van der Waals surface area contributed by atoms with Crippen LogP contribution in [0.15, 0.2) is 29.3 Å². The highest BCUT2D eigenvalue weighted by molar-refractivity contribution is 5.92. The number of benzene rings is 1. The van der Waals surface area contributed by atoms with Gasteiger partial charge in [-0.25, -0.2) is 0 Å². The van der Waals surface area contributed by atoms with Gasteiger partial charge in [-0.15, -0.1) is 0 Å². The fraction of sp³-hybridized carbons (Fsp3) is 0.588. The highest BCUT2D eigenvalue weighted by atomic mass is 16.5. The summed E-state index contributed by atoms with van der Waals surface area (Å²) < 4.78 is 5.59. The summed E-state index contributed by atoms with van der Waals surface area (Å²) in [7, 11) is 0. The Balaban J connectivity index is 2.52. The van der Waals surface area contributed by atoms with Crippen LogP contribution in [0.5, 0.6) is 5.75 Å². The average molecular weight is 307 g/mol. The Bertz CT molecular complexity index is 438. The van der Waals surface area contributed by atoms with E-state index in [0.717, 1.165) is 30.7 Å². The molecule has 5 heteroatoms. The van der Waals surface area contributed by atoms with Crippen LogP contribution in [0.2, 0.25) is 0 Å². The first-order chi connectivity index (χ1) is 10.5. The zero-order chi connectivity index (χ0) is 16.4. The fourth-order valence-electron chi connectivity index (χ4n) is 2.22. The molecule has 0 radical (unpaired) electrons. The predicted octanol–water partition coefficient (Wildman–Crippen LogP) is 3.00. The molecule has 5 nitrogen and oxygen atoms in total. The van der Waals surface area contributed by atoms with E-state index in [-0.39, 0.29) is 12.7 Å². The molecule has 1 rings (SSSR count). The van der Waals surface area contributed by atoms with E-state index in [4.69, 9.17) is 15.6 Å². The van der Waals surface area contributed by atoms with E-state index in [9.17, 15) is 0 Å². The SMILES string of the molecule is CCCC(CCO)CN=C(N)Nc1ccc(OC(C)C)cc1. The number of hydrogen-bond acceptors (Lipinski definition) is 3. The third kappa shape index (κ3) is 7.31. The Morgan fingerprint density at radius 3 is 2.50 bits per heavy atom. The number of hydrogen-bond donors (Lipinski definition) is 3. The number of nitrogens with zero attached hydrogens (tertiary/aromatic N) is 1. The van der Waals surface area contributed by atoms with Gasteiger partial charge in [0, 0.05) is 18.8 Å². The normalized spacial score (nSPS) is 13.2. The van der Waals surface area contributed by atoms with E-state index in [1.54, 1.807) is 0 Å². The van der Waals surface area contributed by atoms with Crippen LogP contribution >= 0.6 is 0 Å². The molecule has 0 aliphatic carbocycles. The van der Waals surface area contributed by atoms with Crippen LogP contribution in [0, 0.1) is 5.92 Å². The maximum atomic E-state index is 9.04. The van der Waals surface area contributed by atoms with Crippen molar-refractivity contribution in [2.75, 3.05) is 18.5 Å². The molecule has 0 bridgehead atoms. The monoisotopic (exact) mass is 307 g/mol. The van der Waals surface area contributed by atoms with Crippen molar-refractivity contribution >= 4 is 11.6 Å². The number of aliphatic hydroxyl groups is 1. The lowest BCUT2D eigenvalue weighted by Crippen LogP contribution is -2.24. The second-order valence-corrected chi connectivity index (χ2v) is 5.71. The Kier molecular flexibility index (Phi) is 8.36. The van der Waals surface area contributed by atoms with E-state index in [1.165, 1.54) is 0 Å². The van der Waals surface area contributed by atoms with Gasteiger partial charge in [0.2, 0.25) is 0 Å². The molecule has 1 unspecified atom stereocenters. The summed E-state index contributed by atoms with van der Waals surface area (Å²) in [6, 6.07) is 7.64. The van der Waals surface area contributed by atoms with Crippen molar-refractivity contribution in [2.24, 2.45) is 16.6 Å². The molecule has 0 aliphatic rings. The maximum Gasteiger partial charge on any atom is 0.193 e. The van der Waals surface area contributed by atoms with E-state index in [1.807, 2.05) is 38.1 Å². The summed E-state index contributed by atoms with van der Waals surface area (Å²) in [5.74, 6) is 1.62. The molecule has 0 heterocycles. The number of ether oxygens (including phenoxy) is 1. The van der Waals surface area contributed by atoms with Crippen LogP contribution < -0.4 is 15.8 Å². The minimum absolute atomic E-state index is 0.160. The third-order valence-electron chi connectivity index (χ3n) is 3.25. The summed E-state index contributed by atoms with van der Waals surface area (Å²) in [5, 5.41) is 12.1. The maximum absolute atomic E-state index is 9.04. The molecular weight excluding hydrogens is 278 g/mol. The minimum Gasteiger partial charge on any atom is -0.491 e. The summed E-state index contributed by atoms with van der Waals surface area (Å²) in [6.45, 7) is 6.97. The van der Waals surface area contributed by atoms with E-state index >= 15 is 0 Å². The summed E-state index contributed by atoms with van der Waals surface area (Å²) in [6.07, 6.45) is 3.07. The summed E-state index contributed by atoms with van der Waals surface area (Å²) in [4.78, 5) is 4.37. The molecule has 4 N–H and O–H groups in total. The van der Waals surface area contributed by atoms with Crippen LogP contribution in [0.1, 0.15) is 40.0 Å². The molecule has 0 saturated carbocycles. The van der Waals surface area contributed by atoms with Crippen LogP contribution in [0.25, 0.3) is 0 Å². The molecule has 1 aromatic carbocycles. The second-order valence-electron chi connectivity index (χ2n) is 5.71. The van der Waals surface area contributed by atoms with Crippen molar-refractivity contribution in [2.45, 2.75) is 46.1 Å². The van der Waals surface area contributed by atoms with Gasteiger partial charge in [0.05, 0.1) is 6.10 Å². The number of guanidine groups is 1. The first-order valence-electron chi connectivity index (χ1n) is 7.99. The van der Waals surface area contributed by atoms with Gasteiger partial charge in [0.25, 0.3) is 0 Å². The zero-order valence-electron chi connectivity index (χ0n) is 13.9. The van der Waals surface area contributed by atoms with E-state index < -0.39 is 0 Å². The van der Waals surface area contributed by atoms with Crippen LogP contribution in [-0.4, -0.2) is 30.3 Å². The van der Waals surface area contributed by atoms with Gasteiger partial charge in [0.15, 0.2) is 5.96 Å². The Hall–Kier alpha value is -1.75. The number of aliphatic imine (C=N–C) groups is 1. The topological polar surface area (TPSA) is 79.9 Å². The van der Waals surface area contributed by atoms with Crippen molar-refractivity contribution in [3.8, 4) is 5.75 Å². The lowest BCUT2D eigenvalue weighted by molar-refractivity contribution is 0.242. The Morgan fingerprint density at radius 2 is 1.95 bits per heavy atom. The smallest absolute Gasteiger partial charge is 0.193 e. The van der Waals surface area contributed by atoms with Gasteiger partial charge in [-0.1, -0.05) is 13.3 Å². The largest absolute Gasteiger partial charge is 0.491 e. The number of nitrogens with one attached hydrogen (secondary N) is 1. The van der Waals surface area contributed by atoms with Gasteiger partial charge >= 0.3 is 0 Å². The zero-order valence-corrected chi connectivity index (χ0v) is 13.9. The van der Waals surface area contributed by atoms with Crippen molar-refractivity contribution in [3.63, 3.8) is 0 Å². The fourth-order valence-corrected chi connectivity index (χ4v) is 2.22. The summed E-state index contributed by atoms with van der Waals surface area (Å²) >= 11 is 0. The highest BCUT2D eigenvalue weighted by Crippen LogP contribution is 2.17. The predicted molar refractivity (Wildman–Crippen MR) is 92.4 cm³/mol. The van der Waals surface area contributed by atoms with Gasteiger partial charge in [-0.2, -0.15) is 0 Å². The lowest BCUT2D eigenvalue weighted by Gasteiger charge is -2.13. The van der Waals surface area contributed by atoms with Crippen molar-refractivity contribution in [3.05, 3.63) is 24.3 Å².